The standard InChI is InChI=1S/C50H58O6/c1-6-7-8-9-10-13-32-54-48-35-47(43-22-18-39(19-23-43)41-26-30-45(53-5)31-27-41)49(55-33-14-11-12-15-34-56-50(51)37(2)3)36-46(48)42-20-16-38(17-21-42)40-24-28-44(52-4)29-25-40/h16-31,35-36H,2,6-15,32-34H2,1,3-5H3. The summed E-state index contributed by atoms with van der Waals surface area (Å²) in [5.74, 6) is 3.01. The van der Waals surface area contributed by atoms with Gasteiger partial charge in [-0.15, -0.1) is 0 Å². The van der Waals surface area contributed by atoms with Crippen molar-refractivity contribution in [1.29, 1.82) is 0 Å². The fourth-order valence-electron chi connectivity index (χ4n) is 6.59. The number of carbonyl (C=O) groups is 1. The lowest BCUT2D eigenvalue weighted by Crippen LogP contribution is -2.06. The maximum Gasteiger partial charge on any atom is 0.333 e. The number of hydrogen-bond acceptors (Lipinski definition) is 6. The summed E-state index contributed by atoms with van der Waals surface area (Å²) in [5, 5.41) is 0. The first kappa shape index (κ1) is 41.7. The van der Waals surface area contributed by atoms with Crippen molar-refractivity contribution in [3.8, 4) is 67.5 Å². The van der Waals surface area contributed by atoms with E-state index in [-0.39, 0.29) is 5.97 Å². The molecule has 0 N–H and O–H groups in total. The highest BCUT2D eigenvalue weighted by Gasteiger charge is 2.17. The average molecular weight is 755 g/mol. The number of esters is 1. The van der Waals surface area contributed by atoms with Crippen molar-refractivity contribution >= 4 is 5.97 Å². The molecule has 0 aliphatic heterocycles. The molecule has 5 aromatic rings. The second-order valence-electron chi connectivity index (χ2n) is 14.3. The van der Waals surface area contributed by atoms with Crippen LogP contribution >= 0.6 is 0 Å². The molecule has 0 bridgehead atoms. The quantitative estimate of drug-likeness (QED) is 0.0376. The van der Waals surface area contributed by atoms with E-state index in [0.29, 0.717) is 25.4 Å². The van der Waals surface area contributed by atoms with Gasteiger partial charge in [-0.2, -0.15) is 0 Å². The van der Waals surface area contributed by atoms with E-state index in [1.807, 2.05) is 24.3 Å². The van der Waals surface area contributed by atoms with Crippen LogP contribution in [0.4, 0.5) is 0 Å². The van der Waals surface area contributed by atoms with Crippen molar-refractivity contribution in [1.82, 2.24) is 0 Å². The number of hydrogen-bond donors (Lipinski definition) is 0. The van der Waals surface area contributed by atoms with Crippen molar-refractivity contribution in [2.24, 2.45) is 0 Å². The van der Waals surface area contributed by atoms with Crippen molar-refractivity contribution in [3.05, 3.63) is 121 Å². The second kappa shape index (κ2) is 22.2. The Morgan fingerprint density at radius 1 is 0.482 bits per heavy atom. The van der Waals surface area contributed by atoms with E-state index in [9.17, 15) is 4.79 Å². The molecule has 0 heterocycles. The molecular formula is C50H58O6. The van der Waals surface area contributed by atoms with E-state index in [0.717, 1.165) is 106 Å². The SMILES string of the molecule is C=C(C)C(=O)OCCCCCCOc1cc(-c2ccc(-c3ccc(OC)cc3)cc2)c(OCCCCCCCC)cc1-c1ccc(-c2ccc(OC)cc2)cc1. The zero-order valence-electron chi connectivity index (χ0n) is 33.7. The Morgan fingerprint density at radius 2 is 0.821 bits per heavy atom. The third-order valence-electron chi connectivity index (χ3n) is 9.95. The highest BCUT2D eigenvalue weighted by atomic mass is 16.5. The molecule has 0 unspecified atom stereocenters. The van der Waals surface area contributed by atoms with Crippen LogP contribution in [0.2, 0.25) is 0 Å². The number of carbonyl (C=O) groups excluding carboxylic acids is 1. The van der Waals surface area contributed by atoms with Gasteiger partial charge in [-0.05, 0) is 109 Å². The summed E-state index contributed by atoms with van der Waals surface area (Å²) in [6.07, 6.45) is 10.8. The molecule has 5 aromatic carbocycles. The van der Waals surface area contributed by atoms with Gasteiger partial charge in [0.15, 0.2) is 0 Å². The normalized spacial score (nSPS) is 10.9. The van der Waals surface area contributed by atoms with Crippen LogP contribution in [0, 0.1) is 0 Å². The Hall–Kier alpha value is -5.49. The molecule has 0 radical (unpaired) electrons. The lowest BCUT2D eigenvalue weighted by atomic mass is 9.95. The van der Waals surface area contributed by atoms with Gasteiger partial charge in [-0.25, -0.2) is 4.79 Å². The Morgan fingerprint density at radius 3 is 1.20 bits per heavy atom. The third-order valence-corrected chi connectivity index (χ3v) is 9.95. The molecule has 0 atom stereocenters. The molecule has 56 heavy (non-hydrogen) atoms. The van der Waals surface area contributed by atoms with Crippen LogP contribution in [0.15, 0.2) is 121 Å². The number of ether oxygens (including phenoxy) is 5. The predicted octanol–water partition coefficient (Wildman–Crippen LogP) is 13.2. The zero-order chi connectivity index (χ0) is 39.5. The highest BCUT2D eigenvalue weighted by molar-refractivity contribution is 5.87. The van der Waals surface area contributed by atoms with Gasteiger partial charge < -0.3 is 23.7 Å². The Balaban J connectivity index is 1.42. The molecule has 0 aliphatic rings. The minimum absolute atomic E-state index is 0.330. The van der Waals surface area contributed by atoms with Crippen molar-refractivity contribution < 1.29 is 28.5 Å². The van der Waals surface area contributed by atoms with Crippen LogP contribution in [0.3, 0.4) is 0 Å². The monoisotopic (exact) mass is 754 g/mol. The predicted molar refractivity (Wildman–Crippen MR) is 230 cm³/mol. The van der Waals surface area contributed by atoms with Gasteiger partial charge in [0, 0.05) is 16.7 Å². The summed E-state index contributed by atoms with van der Waals surface area (Å²) in [4.78, 5) is 11.7. The number of unbranched alkanes of at least 4 members (excludes halogenated alkanes) is 8. The maximum absolute atomic E-state index is 11.7. The fraction of sp³-hybridized carbons (Fsp3) is 0.340. The summed E-state index contributed by atoms with van der Waals surface area (Å²) in [6, 6.07) is 37.9. The molecule has 0 saturated carbocycles. The van der Waals surface area contributed by atoms with Gasteiger partial charge in [0.1, 0.15) is 23.0 Å². The fourth-order valence-corrected chi connectivity index (χ4v) is 6.59. The highest BCUT2D eigenvalue weighted by Crippen LogP contribution is 2.42. The summed E-state index contributed by atoms with van der Waals surface area (Å²) in [7, 11) is 3.37. The third kappa shape index (κ3) is 12.3. The minimum Gasteiger partial charge on any atom is -0.497 e. The summed E-state index contributed by atoms with van der Waals surface area (Å²) >= 11 is 0. The van der Waals surface area contributed by atoms with Crippen LogP contribution in [0.5, 0.6) is 23.0 Å². The van der Waals surface area contributed by atoms with Crippen molar-refractivity contribution in [3.63, 3.8) is 0 Å². The van der Waals surface area contributed by atoms with E-state index in [4.69, 9.17) is 23.7 Å². The van der Waals surface area contributed by atoms with Gasteiger partial charge in [0.2, 0.25) is 0 Å². The summed E-state index contributed by atoms with van der Waals surface area (Å²) < 4.78 is 29.3. The van der Waals surface area contributed by atoms with Crippen molar-refractivity contribution in [2.75, 3.05) is 34.0 Å². The Labute approximate surface area is 334 Å². The van der Waals surface area contributed by atoms with Gasteiger partial charge in [0.25, 0.3) is 0 Å². The number of methoxy groups -OCH3 is 2. The first-order chi connectivity index (χ1) is 27.4. The van der Waals surface area contributed by atoms with Crippen LogP contribution in [-0.2, 0) is 9.53 Å². The largest absolute Gasteiger partial charge is 0.497 e. The van der Waals surface area contributed by atoms with E-state index in [1.165, 1.54) is 25.7 Å². The van der Waals surface area contributed by atoms with Gasteiger partial charge in [0.05, 0.1) is 34.0 Å². The molecule has 0 aromatic heterocycles. The second-order valence-corrected chi connectivity index (χ2v) is 14.3. The van der Waals surface area contributed by atoms with Crippen LogP contribution in [0.1, 0.15) is 78.1 Å². The Bertz CT molecular complexity index is 1940. The minimum atomic E-state index is -0.330. The molecular weight excluding hydrogens is 697 g/mol. The van der Waals surface area contributed by atoms with Gasteiger partial charge in [-0.1, -0.05) is 118 Å². The molecule has 0 aliphatic carbocycles. The number of rotatable bonds is 23. The molecule has 0 saturated heterocycles. The summed E-state index contributed by atoms with van der Waals surface area (Å²) in [6.45, 7) is 9.19. The molecule has 6 heteroatoms. The summed E-state index contributed by atoms with van der Waals surface area (Å²) in [5.41, 5.74) is 9.06. The molecule has 0 amide bonds. The van der Waals surface area contributed by atoms with E-state index < -0.39 is 0 Å². The lowest BCUT2D eigenvalue weighted by molar-refractivity contribution is -0.139. The smallest absolute Gasteiger partial charge is 0.333 e. The van der Waals surface area contributed by atoms with E-state index in [1.54, 1.807) is 21.1 Å². The lowest BCUT2D eigenvalue weighted by Gasteiger charge is -2.19. The van der Waals surface area contributed by atoms with Gasteiger partial charge in [-0.3, -0.25) is 0 Å². The number of benzene rings is 5. The first-order valence-corrected chi connectivity index (χ1v) is 20.2. The van der Waals surface area contributed by atoms with Crippen LogP contribution in [0.25, 0.3) is 44.5 Å². The maximum atomic E-state index is 11.7. The zero-order valence-corrected chi connectivity index (χ0v) is 33.7. The first-order valence-electron chi connectivity index (χ1n) is 20.2. The molecule has 5 rings (SSSR count). The van der Waals surface area contributed by atoms with Gasteiger partial charge >= 0.3 is 5.97 Å². The van der Waals surface area contributed by atoms with Crippen molar-refractivity contribution in [2.45, 2.75) is 78.1 Å². The topological polar surface area (TPSA) is 63.2 Å². The molecule has 294 valence electrons. The molecule has 6 nitrogen and oxygen atoms in total. The average Bonchev–Trinajstić information content (AvgIpc) is 3.24. The van der Waals surface area contributed by atoms with Crippen LogP contribution < -0.4 is 18.9 Å². The molecule has 0 fully saturated rings. The van der Waals surface area contributed by atoms with E-state index in [2.05, 4.69) is 98.4 Å². The van der Waals surface area contributed by atoms with E-state index >= 15 is 0 Å². The molecule has 0 spiro atoms. The van der Waals surface area contributed by atoms with Crippen LogP contribution in [-0.4, -0.2) is 40.0 Å². The Kier molecular flexibility index (Phi) is 16.5.